The van der Waals surface area contributed by atoms with E-state index in [4.69, 9.17) is 13.9 Å². The molecule has 0 unspecified atom stereocenters. The third-order valence-electron chi connectivity index (χ3n) is 3.37. The van der Waals surface area contributed by atoms with E-state index < -0.39 is 4.92 Å². The summed E-state index contributed by atoms with van der Waals surface area (Å²) in [6.45, 7) is 0.548. The van der Waals surface area contributed by atoms with Gasteiger partial charge in [0.05, 0.1) is 24.3 Å². The molecule has 0 radical (unpaired) electrons. The molecule has 0 fully saturated rings. The summed E-state index contributed by atoms with van der Waals surface area (Å²) < 4.78 is 15.6. The number of carbonyl (C=O) groups is 1. The Bertz CT molecular complexity index is 782. The van der Waals surface area contributed by atoms with Gasteiger partial charge in [0.25, 0.3) is 5.69 Å². The zero-order valence-electron chi connectivity index (χ0n) is 12.6. The van der Waals surface area contributed by atoms with Crippen molar-refractivity contribution in [1.29, 1.82) is 0 Å². The summed E-state index contributed by atoms with van der Waals surface area (Å²) in [6.07, 6.45) is 4.29. The number of carbonyl (C=O) groups excluding carboxylic acids is 1. The summed E-state index contributed by atoms with van der Waals surface area (Å²) >= 11 is 0. The average molecular weight is 330 g/mol. The van der Waals surface area contributed by atoms with E-state index in [-0.39, 0.29) is 31.5 Å². The number of nitrogens with zero attached hydrogens (tertiary/aromatic N) is 1. The predicted octanol–water partition coefficient (Wildman–Crippen LogP) is 2.38. The van der Waals surface area contributed by atoms with Crippen molar-refractivity contribution >= 4 is 17.7 Å². The molecule has 1 aliphatic heterocycles. The van der Waals surface area contributed by atoms with Crippen LogP contribution in [0, 0.1) is 10.1 Å². The largest absolute Gasteiger partial charge is 0.467 e. The standard InChI is InChI=1S/C16H14N2O6/c19-15(17-8-14-2-1-5-23-14)4-3-11-6-13(18(20)21)7-12-9-22-10-24-16(11)12/h1-7H,8-10H2,(H,17,19)/b4-3+. The normalized spacial score (nSPS) is 13.3. The maximum Gasteiger partial charge on any atom is 0.270 e. The van der Waals surface area contributed by atoms with Crippen LogP contribution in [-0.2, 0) is 22.7 Å². The van der Waals surface area contributed by atoms with Crippen LogP contribution in [0.4, 0.5) is 5.69 Å². The number of ether oxygens (including phenoxy) is 2. The molecule has 2 heterocycles. The molecule has 8 heteroatoms. The van der Waals surface area contributed by atoms with Crippen molar-refractivity contribution in [2.75, 3.05) is 6.79 Å². The number of amides is 1. The SMILES string of the molecule is O=C(/C=C/c1cc([N+](=O)[O-])cc2c1OCOC2)NCc1ccco1. The van der Waals surface area contributed by atoms with Crippen LogP contribution in [0.1, 0.15) is 16.9 Å². The quantitative estimate of drug-likeness (QED) is 0.513. The molecule has 1 aliphatic rings. The van der Waals surface area contributed by atoms with E-state index in [1.165, 1.54) is 30.5 Å². The predicted molar refractivity (Wildman–Crippen MR) is 83.0 cm³/mol. The molecule has 0 saturated heterocycles. The lowest BCUT2D eigenvalue weighted by Gasteiger charge is -2.19. The highest BCUT2D eigenvalue weighted by Gasteiger charge is 2.19. The fraction of sp³-hybridized carbons (Fsp3) is 0.188. The number of furan rings is 1. The highest BCUT2D eigenvalue weighted by atomic mass is 16.7. The zero-order chi connectivity index (χ0) is 16.9. The lowest BCUT2D eigenvalue weighted by Crippen LogP contribution is -2.19. The molecule has 3 rings (SSSR count). The van der Waals surface area contributed by atoms with Gasteiger partial charge in [-0.25, -0.2) is 0 Å². The number of nitrogens with one attached hydrogen (secondary N) is 1. The maximum absolute atomic E-state index is 11.9. The van der Waals surface area contributed by atoms with Gasteiger partial charge >= 0.3 is 0 Å². The Morgan fingerprint density at radius 3 is 3.04 bits per heavy atom. The van der Waals surface area contributed by atoms with Gasteiger partial charge in [-0.15, -0.1) is 0 Å². The summed E-state index contributed by atoms with van der Waals surface area (Å²) in [6, 6.07) is 6.24. The minimum Gasteiger partial charge on any atom is -0.467 e. The second-order valence-corrected chi connectivity index (χ2v) is 5.02. The highest BCUT2D eigenvalue weighted by molar-refractivity contribution is 5.92. The number of benzene rings is 1. The van der Waals surface area contributed by atoms with E-state index in [1.54, 1.807) is 12.1 Å². The number of nitro benzene ring substituents is 1. The Morgan fingerprint density at radius 2 is 2.29 bits per heavy atom. The van der Waals surface area contributed by atoms with Crippen LogP contribution in [0.25, 0.3) is 6.08 Å². The number of hydrogen-bond donors (Lipinski definition) is 1. The maximum atomic E-state index is 11.9. The molecule has 0 bridgehead atoms. The first kappa shape index (κ1) is 15.8. The Kier molecular flexibility index (Phi) is 4.57. The fourth-order valence-corrected chi connectivity index (χ4v) is 2.27. The molecule has 1 aromatic carbocycles. The van der Waals surface area contributed by atoms with Crippen molar-refractivity contribution in [2.24, 2.45) is 0 Å². The van der Waals surface area contributed by atoms with Crippen molar-refractivity contribution in [2.45, 2.75) is 13.2 Å². The van der Waals surface area contributed by atoms with Crippen molar-refractivity contribution < 1.29 is 23.6 Å². The number of nitro groups is 1. The van der Waals surface area contributed by atoms with Crippen LogP contribution < -0.4 is 10.1 Å². The third kappa shape index (κ3) is 3.61. The highest BCUT2D eigenvalue weighted by Crippen LogP contribution is 2.33. The molecule has 0 aliphatic carbocycles. The van der Waals surface area contributed by atoms with E-state index in [2.05, 4.69) is 5.32 Å². The number of fused-ring (bicyclic) bond motifs is 1. The first-order valence-electron chi connectivity index (χ1n) is 7.13. The van der Waals surface area contributed by atoms with Crippen molar-refractivity contribution in [3.05, 3.63) is 63.6 Å². The molecular weight excluding hydrogens is 316 g/mol. The van der Waals surface area contributed by atoms with Gasteiger partial charge in [-0.2, -0.15) is 0 Å². The monoisotopic (exact) mass is 330 g/mol. The molecule has 1 N–H and O–H groups in total. The van der Waals surface area contributed by atoms with Gasteiger partial charge < -0.3 is 19.2 Å². The molecule has 1 amide bonds. The van der Waals surface area contributed by atoms with Crippen molar-refractivity contribution in [3.63, 3.8) is 0 Å². The van der Waals surface area contributed by atoms with Crippen LogP contribution in [0.3, 0.4) is 0 Å². The summed E-state index contributed by atoms with van der Waals surface area (Å²) in [5, 5.41) is 13.7. The summed E-state index contributed by atoms with van der Waals surface area (Å²) in [5.41, 5.74) is 0.945. The van der Waals surface area contributed by atoms with E-state index in [0.717, 1.165) is 0 Å². The lowest BCUT2D eigenvalue weighted by molar-refractivity contribution is -0.385. The van der Waals surface area contributed by atoms with E-state index in [0.29, 0.717) is 22.6 Å². The Labute approximate surface area is 136 Å². The van der Waals surface area contributed by atoms with Gasteiger partial charge in [0.2, 0.25) is 5.91 Å². The smallest absolute Gasteiger partial charge is 0.270 e. The first-order chi connectivity index (χ1) is 11.6. The van der Waals surface area contributed by atoms with Gasteiger partial charge in [-0.3, -0.25) is 14.9 Å². The van der Waals surface area contributed by atoms with Gasteiger partial charge in [0, 0.05) is 29.3 Å². The molecule has 24 heavy (non-hydrogen) atoms. The number of rotatable bonds is 5. The van der Waals surface area contributed by atoms with E-state index >= 15 is 0 Å². The molecule has 124 valence electrons. The van der Waals surface area contributed by atoms with Crippen LogP contribution in [0.5, 0.6) is 5.75 Å². The van der Waals surface area contributed by atoms with Crippen molar-refractivity contribution in [1.82, 2.24) is 5.32 Å². The number of hydrogen-bond acceptors (Lipinski definition) is 6. The minimum absolute atomic E-state index is 0.0658. The van der Waals surface area contributed by atoms with Gasteiger partial charge in [-0.05, 0) is 18.2 Å². The van der Waals surface area contributed by atoms with Gasteiger partial charge in [-0.1, -0.05) is 0 Å². The lowest BCUT2D eigenvalue weighted by atomic mass is 10.1. The van der Waals surface area contributed by atoms with Crippen LogP contribution in [0.2, 0.25) is 0 Å². The molecule has 0 atom stereocenters. The molecule has 0 spiro atoms. The molecule has 0 saturated carbocycles. The molecular formula is C16H14N2O6. The van der Waals surface area contributed by atoms with Crippen LogP contribution in [-0.4, -0.2) is 17.6 Å². The second-order valence-electron chi connectivity index (χ2n) is 5.02. The first-order valence-corrected chi connectivity index (χ1v) is 7.13. The van der Waals surface area contributed by atoms with Crippen LogP contribution in [0.15, 0.2) is 41.0 Å². The second kappa shape index (κ2) is 6.97. The minimum atomic E-state index is -0.497. The topological polar surface area (TPSA) is 104 Å². The summed E-state index contributed by atoms with van der Waals surface area (Å²) in [7, 11) is 0. The van der Waals surface area contributed by atoms with E-state index in [9.17, 15) is 14.9 Å². The number of non-ortho nitro benzene ring substituents is 1. The van der Waals surface area contributed by atoms with Crippen molar-refractivity contribution in [3.8, 4) is 5.75 Å². The zero-order valence-corrected chi connectivity index (χ0v) is 12.6. The van der Waals surface area contributed by atoms with Gasteiger partial charge in [0.15, 0.2) is 6.79 Å². The van der Waals surface area contributed by atoms with E-state index in [1.807, 2.05) is 0 Å². The molecule has 1 aromatic heterocycles. The Balaban J connectivity index is 1.76. The third-order valence-corrected chi connectivity index (χ3v) is 3.37. The summed E-state index contributed by atoms with van der Waals surface area (Å²) in [5.74, 6) is 0.769. The Hall–Kier alpha value is -3.13. The summed E-state index contributed by atoms with van der Waals surface area (Å²) in [4.78, 5) is 22.4. The molecule has 8 nitrogen and oxygen atoms in total. The van der Waals surface area contributed by atoms with Crippen LogP contribution >= 0.6 is 0 Å². The average Bonchev–Trinajstić information content (AvgIpc) is 3.11. The Morgan fingerprint density at radius 1 is 1.42 bits per heavy atom. The fourth-order valence-electron chi connectivity index (χ4n) is 2.27. The molecule has 2 aromatic rings. The van der Waals surface area contributed by atoms with Gasteiger partial charge in [0.1, 0.15) is 11.5 Å².